The number of aliphatic hydroxyl groups is 1. The number of nitro groups is 1. The van der Waals surface area contributed by atoms with Crippen molar-refractivity contribution in [3.8, 4) is 5.75 Å². The molecule has 1 amide bonds. The van der Waals surface area contributed by atoms with Gasteiger partial charge in [-0.25, -0.2) is 4.79 Å². The van der Waals surface area contributed by atoms with Crippen LogP contribution in [0, 0.1) is 10.1 Å². The van der Waals surface area contributed by atoms with Crippen molar-refractivity contribution < 1.29 is 24.3 Å². The average Bonchev–Trinajstić information content (AvgIpc) is 3.23. The lowest BCUT2D eigenvalue weighted by atomic mass is 10.2. The minimum atomic E-state index is -0.470. The fourth-order valence-electron chi connectivity index (χ4n) is 3.43. The predicted molar refractivity (Wildman–Crippen MR) is 123 cm³/mol. The molecular formula is C23H26N2O6S. The van der Waals surface area contributed by atoms with Gasteiger partial charge in [0, 0.05) is 29.7 Å². The molecule has 0 spiro atoms. The highest BCUT2D eigenvalue weighted by molar-refractivity contribution is 7.99. The Morgan fingerprint density at radius 3 is 2.53 bits per heavy atom. The molecule has 2 aromatic carbocycles. The smallest absolute Gasteiger partial charge is 0.410 e. The van der Waals surface area contributed by atoms with Gasteiger partial charge in [0.05, 0.1) is 24.7 Å². The van der Waals surface area contributed by atoms with Crippen molar-refractivity contribution >= 4 is 23.5 Å². The predicted octanol–water partition coefficient (Wildman–Crippen LogP) is 4.16. The standard InChI is InChI=1S/C23H26N2O6S/c1-30-21-10-6-18(7-11-21)16-32-22-13-20(3-2-12-26)24(14-22)23(27)31-15-17-4-8-19(9-5-17)25(28)29/h2-11,20,22,26H,12-16H2,1H3/b3-2+/t20-,22+/m1/s1. The Hall–Kier alpha value is -3.04. The molecule has 0 aromatic heterocycles. The first-order valence-corrected chi connectivity index (χ1v) is 11.2. The van der Waals surface area contributed by atoms with E-state index >= 15 is 0 Å². The van der Waals surface area contributed by atoms with Gasteiger partial charge in [0.25, 0.3) is 5.69 Å². The molecule has 9 heteroatoms. The van der Waals surface area contributed by atoms with Crippen LogP contribution in [-0.4, -0.2) is 52.6 Å². The Kier molecular flexibility index (Phi) is 8.52. The SMILES string of the molecule is COc1ccc(CS[C@H]2C[C@@H](/C=C/CO)N(C(=O)OCc3ccc([N+](=O)[O-])cc3)C2)cc1. The third-order valence-corrected chi connectivity index (χ3v) is 6.47. The van der Waals surface area contributed by atoms with Crippen molar-refractivity contribution in [2.45, 2.75) is 30.1 Å². The molecular weight excluding hydrogens is 432 g/mol. The number of methoxy groups -OCH3 is 1. The number of non-ortho nitro benzene ring substituents is 1. The van der Waals surface area contributed by atoms with E-state index in [-0.39, 0.29) is 30.2 Å². The van der Waals surface area contributed by atoms with E-state index in [4.69, 9.17) is 14.6 Å². The second-order valence-electron chi connectivity index (χ2n) is 7.33. The van der Waals surface area contributed by atoms with Crippen molar-refractivity contribution in [3.05, 3.63) is 81.9 Å². The number of hydrogen-bond donors (Lipinski definition) is 1. The molecule has 2 aromatic rings. The van der Waals surface area contributed by atoms with Crippen LogP contribution in [0.3, 0.4) is 0 Å². The first-order chi connectivity index (χ1) is 15.5. The van der Waals surface area contributed by atoms with E-state index in [9.17, 15) is 14.9 Å². The van der Waals surface area contributed by atoms with E-state index in [1.807, 2.05) is 30.3 Å². The molecule has 3 rings (SSSR count). The number of benzene rings is 2. The molecule has 1 saturated heterocycles. The highest BCUT2D eigenvalue weighted by Crippen LogP contribution is 2.31. The average molecular weight is 459 g/mol. The number of rotatable bonds is 9. The quantitative estimate of drug-likeness (QED) is 0.342. The number of amides is 1. The largest absolute Gasteiger partial charge is 0.497 e. The van der Waals surface area contributed by atoms with E-state index < -0.39 is 11.0 Å². The van der Waals surface area contributed by atoms with Gasteiger partial charge in [0.2, 0.25) is 0 Å². The summed E-state index contributed by atoms with van der Waals surface area (Å²) in [6.45, 7) is 0.486. The zero-order chi connectivity index (χ0) is 22.9. The van der Waals surface area contributed by atoms with Crippen LogP contribution < -0.4 is 4.74 Å². The van der Waals surface area contributed by atoms with Gasteiger partial charge < -0.3 is 19.5 Å². The Bertz CT molecular complexity index is 933. The number of likely N-dealkylation sites (tertiary alicyclic amines) is 1. The molecule has 0 radical (unpaired) electrons. The molecule has 0 unspecified atom stereocenters. The lowest BCUT2D eigenvalue weighted by molar-refractivity contribution is -0.384. The van der Waals surface area contributed by atoms with Crippen LogP contribution >= 0.6 is 11.8 Å². The topological polar surface area (TPSA) is 102 Å². The maximum Gasteiger partial charge on any atom is 0.410 e. The number of carbonyl (C=O) groups is 1. The third kappa shape index (κ3) is 6.48. The monoisotopic (exact) mass is 458 g/mol. The van der Waals surface area contributed by atoms with Crippen LogP contribution in [0.25, 0.3) is 0 Å². The van der Waals surface area contributed by atoms with E-state index in [0.717, 1.165) is 17.9 Å². The Morgan fingerprint density at radius 2 is 1.91 bits per heavy atom. The number of thioether (sulfide) groups is 1. The van der Waals surface area contributed by atoms with E-state index in [2.05, 4.69) is 0 Å². The molecule has 1 aliphatic heterocycles. The highest BCUT2D eigenvalue weighted by Gasteiger charge is 2.35. The summed E-state index contributed by atoms with van der Waals surface area (Å²) < 4.78 is 10.6. The first kappa shape index (κ1) is 23.6. The van der Waals surface area contributed by atoms with Gasteiger partial charge in [-0.15, -0.1) is 0 Å². The summed E-state index contributed by atoms with van der Waals surface area (Å²) in [5, 5.41) is 20.1. The fraction of sp³-hybridized carbons (Fsp3) is 0.348. The van der Waals surface area contributed by atoms with E-state index in [1.54, 1.807) is 42.0 Å². The summed E-state index contributed by atoms with van der Waals surface area (Å²) in [5.41, 5.74) is 1.85. The minimum Gasteiger partial charge on any atom is -0.497 e. The van der Waals surface area contributed by atoms with Crippen LogP contribution in [0.15, 0.2) is 60.7 Å². The van der Waals surface area contributed by atoms with Gasteiger partial charge in [-0.1, -0.05) is 24.3 Å². The summed E-state index contributed by atoms with van der Waals surface area (Å²) >= 11 is 1.78. The molecule has 0 saturated carbocycles. The maximum absolute atomic E-state index is 12.7. The van der Waals surface area contributed by atoms with Crippen molar-refractivity contribution in [1.29, 1.82) is 0 Å². The van der Waals surface area contributed by atoms with Crippen LogP contribution in [0.2, 0.25) is 0 Å². The molecule has 8 nitrogen and oxygen atoms in total. The Labute approximate surface area is 191 Å². The van der Waals surface area contributed by atoms with Gasteiger partial charge in [-0.2, -0.15) is 11.8 Å². The van der Waals surface area contributed by atoms with Crippen LogP contribution in [0.1, 0.15) is 17.5 Å². The number of ether oxygens (including phenoxy) is 2. The van der Waals surface area contributed by atoms with Crippen LogP contribution in [0.4, 0.5) is 10.5 Å². The molecule has 1 heterocycles. The molecule has 1 aliphatic rings. The zero-order valence-corrected chi connectivity index (χ0v) is 18.6. The molecule has 32 heavy (non-hydrogen) atoms. The summed E-state index contributed by atoms with van der Waals surface area (Å²) in [5.74, 6) is 1.63. The second-order valence-corrected chi connectivity index (χ2v) is 8.61. The molecule has 1 fully saturated rings. The number of nitrogens with zero attached hydrogens (tertiary/aromatic N) is 2. The van der Waals surface area contributed by atoms with Crippen molar-refractivity contribution in [2.75, 3.05) is 20.3 Å². The summed E-state index contributed by atoms with van der Waals surface area (Å²) in [7, 11) is 1.64. The Balaban J connectivity index is 1.56. The number of aliphatic hydroxyl groups excluding tert-OH is 1. The lowest BCUT2D eigenvalue weighted by Gasteiger charge is -2.21. The van der Waals surface area contributed by atoms with Crippen molar-refractivity contribution in [3.63, 3.8) is 0 Å². The van der Waals surface area contributed by atoms with Gasteiger partial charge >= 0.3 is 6.09 Å². The Morgan fingerprint density at radius 1 is 1.22 bits per heavy atom. The van der Waals surface area contributed by atoms with Crippen molar-refractivity contribution in [1.82, 2.24) is 4.90 Å². The second kappa shape index (κ2) is 11.5. The van der Waals surface area contributed by atoms with Crippen LogP contribution in [0.5, 0.6) is 5.75 Å². The lowest BCUT2D eigenvalue weighted by Crippen LogP contribution is -2.35. The van der Waals surface area contributed by atoms with Gasteiger partial charge in [0.1, 0.15) is 12.4 Å². The third-order valence-electron chi connectivity index (χ3n) is 5.16. The number of carbonyl (C=O) groups excluding carboxylic acids is 1. The maximum atomic E-state index is 12.7. The summed E-state index contributed by atoms with van der Waals surface area (Å²) in [4.78, 5) is 24.7. The van der Waals surface area contributed by atoms with Crippen LogP contribution in [-0.2, 0) is 17.1 Å². The summed E-state index contributed by atoms with van der Waals surface area (Å²) in [6.07, 6.45) is 3.80. The molecule has 1 N–H and O–H groups in total. The minimum absolute atomic E-state index is 0.00875. The molecule has 0 bridgehead atoms. The van der Waals surface area contributed by atoms with E-state index in [0.29, 0.717) is 12.1 Å². The van der Waals surface area contributed by atoms with Gasteiger partial charge in [-0.05, 0) is 41.8 Å². The highest BCUT2D eigenvalue weighted by atomic mass is 32.2. The van der Waals surface area contributed by atoms with Gasteiger partial charge in [-0.3, -0.25) is 10.1 Å². The zero-order valence-electron chi connectivity index (χ0n) is 17.8. The number of hydrogen-bond acceptors (Lipinski definition) is 7. The number of nitro benzene ring substituents is 1. The first-order valence-electron chi connectivity index (χ1n) is 10.2. The molecule has 170 valence electrons. The van der Waals surface area contributed by atoms with Gasteiger partial charge in [0.15, 0.2) is 0 Å². The molecule has 0 aliphatic carbocycles. The molecule has 2 atom stereocenters. The van der Waals surface area contributed by atoms with E-state index in [1.165, 1.54) is 17.7 Å². The normalized spacial score (nSPS) is 18.1. The van der Waals surface area contributed by atoms with Crippen molar-refractivity contribution in [2.24, 2.45) is 0 Å². The fourth-order valence-corrected chi connectivity index (χ4v) is 4.65. The summed E-state index contributed by atoms with van der Waals surface area (Å²) in [6, 6.07) is 13.7.